The first kappa shape index (κ1) is 72.9. The number of unbranched alkanes of at least 4 members (excludes halogenated alkanes) is 16. The van der Waals surface area contributed by atoms with Gasteiger partial charge in [-0.15, -0.1) is 20.4 Å². The van der Waals surface area contributed by atoms with Gasteiger partial charge >= 0.3 is 11.9 Å². The molecular weight excluding hydrogens is 1240 g/mol. The lowest BCUT2D eigenvalue weighted by Crippen LogP contribution is -2.38. The molecule has 0 radical (unpaired) electrons. The lowest BCUT2D eigenvalue weighted by atomic mass is 9.72. The van der Waals surface area contributed by atoms with Gasteiger partial charge in [-0.25, -0.2) is 0 Å². The number of ether oxygens (including phenoxy) is 4. The van der Waals surface area contributed by atoms with Gasteiger partial charge in [0.1, 0.15) is 11.5 Å². The Kier molecular flexibility index (Phi) is 27.3. The highest BCUT2D eigenvalue weighted by Gasteiger charge is 2.43. The lowest BCUT2D eigenvalue weighted by molar-refractivity contribution is -0.163. The van der Waals surface area contributed by atoms with Crippen molar-refractivity contribution < 1.29 is 37.4 Å². The van der Waals surface area contributed by atoms with Gasteiger partial charge in [-0.3, -0.25) is 9.59 Å². The fraction of sp³-hybridized carbons (Fsp3) is 0.372. The average molecular weight is 1350 g/mol. The van der Waals surface area contributed by atoms with Crippen LogP contribution in [0.4, 0.5) is 22.7 Å². The van der Waals surface area contributed by atoms with E-state index < -0.39 is 10.8 Å². The molecule has 0 fully saturated rings. The maximum atomic E-state index is 13.4. The van der Waals surface area contributed by atoms with E-state index in [1.54, 1.807) is 0 Å². The Morgan fingerprint density at radius 1 is 0.340 bits per heavy atom. The van der Waals surface area contributed by atoms with E-state index in [-0.39, 0.29) is 11.9 Å². The summed E-state index contributed by atoms with van der Waals surface area (Å²) in [6, 6.07) is 69.8. The first-order valence-electron chi connectivity index (χ1n) is 36.3. The van der Waals surface area contributed by atoms with Gasteiger partial charge in [0, 0.05) is 59.1 Å². The van der Waals surface area contributed by atoms with Crippen LogP contribution in [0.1, 0.15) is 156 Å². The number of nitrogens with zero attached hydrogens (tertiary/aromatic N) is 6. The molecule has 14 nitrogen and oxygen atoms in total. The van der Waals surface area contributed by atoms with Crippen molar-refractivity contribution in [2.45, 2.75) is 156 Å². The minimum Gasteiger partial charge on any atom is -0.494 e. The van der Waals surface area contributed by atoms with Crippen LogP contribution in [0.15, 0.2) is 215 Å². The Labute approximate surface area is 592 Å². The zero-order chi connectivity index (χ0) is 69.8. The van der Waals surface area contributed by atoms with Crippen LogP contribution < -0.4 is 19.3 Å². The number of aromatic nitrogens is 4. The van der Waals surface area contributed by atoms with Crippen molar-refractivity contribution in [2.75, 3.05) is 50.3 Å². The third kappa shape index (κ3) is 21.3. The molecule has 2 heterocycles. The Hall–Kier alpha value is -9.82. The van der Waals surface area contributed by atoms with Crippen LogP contribution in [0.3, 0.4) is 0 Å². The van der Waals surface area contributed by atoms with Gasteiger partial charge in [-0.1, -0.05) is 182 Å². The fourth-order valence-corrected chi connectivity index (χ4v) is 12.6. The second-order valence-corrected chi connectivity index (χ2v) is 27.3. The maximum absolute atomic E-state index is 13.4. The molecule has 14 heteroatoms. The molecule has 10 aromatic rings. The van der Waals surface area contributed by atoms with Crippen LogP contribution in [0.5, 0.6) is 11.5 Å². The second kappa shape index (κ2) is 37.4. The molecule has 100 heavy (non-hydrogen) atoms. The van der Waals surface area contributed by atoms with Gasteiger partial charge in [0.05, 0.1) is 37.3 Å². The van der Waals surface area contributed by atoms with E-state index in [1.807, 2.05) is 163 Å². The molecule has 0 spiro atoms. The summed E-state index contributed by atoms with van der Waals surface area (Å²) in [6.07, 6.45) is 20.9. The van der Waals surface area contributed by atoms with Crippen molar-refractivity contribution in [1.82, 2.24) is 20.4 Å². The summed E-state index contributed by atoms with van der Waals surface area (Å²) in [6.45, 7) is 9.93. The molecule has 0 aliphatic rings. The van der Waals surface area contributed by atoms with E-state index in [1.165, 1.54) is 51.4 Å². The van der Waals surface area contributed by atoms with Crippen molar-refractivity contribution in [2.24, 2.45) is 10.8 Å². The third-order valence-electron chi connectivity index (χ3n) is 18.8. The SMILES string of the molecule is CCC(C)(CC(C)(C)C(=O)OCCCCCCCCCCCOc1ccc(-c2ccc(-c3nnc(-c4ccc(N(c5ccccc5)c5ccccc5)cc4)o3)cc2)cc1)C(=O)OCCCCCCCCCCCOc1ccc(-c2ccc(-c3nnc(-c4ccc(N(C)C)cc4)o3)cc2)cc1. The summed E-state index contributed by atoms with van der Waals surface area (Å²) in [4.78, 5) is 31.0. The number of rotatable bonds is 41. The van der Waals surface area contributed by atoms with Crippen molar-refractivity contribution in [3.05, 3.63) is 206 Å². The Morgan fingerprint density at radius 2 is 0.620 bits per heavy atom. The number of hydrogen-bond acceptors (Lipinski definition) is 14. The normalized spacial score (nSPS) is 12.0. The van der Waals surface area contributed by atoms with Crippen molar-refractivity contribution in [1.29, 1.82) is 0 Å². The first-order valence-corrected chi connectivity index (χ1v) is 36.3. The van der Waals surface area contributed by atoms with E-state index in [9.17, 15) is 9.59 Å². The Bertz CT molecular complexity index is 3990. The fourth-order valence-electron chi connectivity index (χ4n) is 12.6. The van der Waals surface area contributed by atoms with E-state index in [2.05, 4.69) is 115 Å². The van der Waals surface area contributed by atoms with E-state index in [0.717, 1.165) is 143 Å². The van der Waals surface area contributed by atoms with Crippen LogP contribution >= 0.6 is 0 Å². The molecule has 0 aliphatic carbocycles. The van der Waals surface area contributed by atoms with Gasteiger partial charge in [-0.2, -0.15) is 0 Å². The van der Waals surface area contributed by atoms with Crippen molar-refractivity contribution in [3.8, 4) is 79.6 Å². The minimum absolute atomic E-state index is 0.220. The van der Waals surface area contributed by atoms with Crippen LogP contribution in [0, 0.1) is 10.8 Å². The number of carbonyl (C=O) groups is 2. The Balaban J connectivity index is 0.503. The highest BCUT2D eigenvalue weighted by molar-refractivity contribution is 5.81. The van der Waals surface area contributed by atoms with Crippen molar-refractivity contribution >= 4 is 34.7 Å². The molecule has 1 atom stereocenters. The molecule has 0 N–H and O–H groups in total. The van der Waals surface area contributed by atoms with E-state index >= 15 is 0 Å². The quantitative estimate of drug-likeness (QED) is 0.0263. The zero-order valence-corrected chi connectivity index (χ0v) is 59.5. The number of hydrogen-bond donors (Lipinski definition) is 0. The molecule has 8 aromatic carbocycles. The Morgan fingerprint density at radius 3 is 0.960 bits per heavy atom. The molecular formula is C86H100N6O8. The predicted molar refractivity (Wildman–Crippen MR) is 403 cm³/mol. The van der Waals surface area contributed by atoms with Gasteiger partial charge in [0.15, 0.2) is 0 Å². The van der Waals surface area contributed by atoms with Gasteiger partial charge in [0.25, 0.3) is 0 Å². The topological polar surface area (TPSA) is 155 Å². The molecule has 2 aromatic heterocycles. The smallest absolute Gasteiger partial charge is 0.311 e. The van der Waals surface area contributed by atoms with Crippen LogP contribution in [0.25, 0.3) is 68.1 Å². The van der Waals surface area contributed by atoms with Crippen LogP contribution in [-0.4, -0.2) is 72.9 Å². The van der Waals surface area contributed by atoms with Crippen molar-refractivity contribution in [3.63, 3.8) is 0 Å². The standard InChI is InChI=1S/C86H100N6O8/c1-7-86(4,84(94)98-63-31-21-17-13-9-11-15-19-29-61-96-77-56-48-67(49-57-77)65-36-40-69(41-37-65)79-87-89-81(99-79)71-44-52-73(53-45-71)91(5)6)64-85(2,3)83(93)97-62-30-20-16-12-8-10-14-18-28-60-95-78-58-50-68(51-59-78)66-38-42-70(43-39-66)80-88-90-82(100-80)72-46-54-76(55-47-72)92(74-32-24-22-25-33-74)75-34-26-23-27-35-75/h22-27,32-59H,7-21,28-31,60-64H2,1-6H3. The molecule has 10 rings (SSSR count). The van der Waals surface area contributed by atoms with E-state index in [0.29, 0.717) is 62.8 Å². The largest absolute Gasteiger partial charge is 0.494 e. The molecule has 522 valence electrons. The molecule has 0 aliphatic heterocycles. The number of esters is 2. The van der Waals surface area contributed by atoms with Crippen LogP contribution in [0.2, 0.25) is 0 Å². The van der Waals surface area contributed by atoms with Gasteiger partial charge in [0.2, 0.25) is 23.6 Å². The first-order chi connectivity index (χ1) is 48.8. The molecule has 0 bridgehead atoms. The summed E-state index contributed by atoms with van der Waals surface area (Å²) in [7, 11) is 4.03. The summed E-state index contributed by atoms with van der Waals surface area (Å²) < 4.78 is 36.0. The molecule has 1 unspecified atom stereocenters. The maximum Gasteiger partial charge on any atom is 0.311 e. The molecule has 0 saturated carbocycles. The highest BCUT2D eigenvalue weighted by atomic mass is 16.5. The average Bonchev–Trinajstić information content (AvgIpc) is 1.12. The predicted octanol–water partition coefficient (Wildman–Crippen LogP) is 22.4. The summed E-state index contributed by atoms with van der Waals surface area (Å²) >= 11 is 0. The number of carbonyl (C=O) groups excluding carboxylic acids is 2. The number of benzene rings is 8. The summed E-state index contributed by atoms with van der Waals surface area (Å²) in [5.41, 5.74) is 10.6. The van der Waals surface area contributed by atoms with E-state index in [4.69, 9.17) is 27.8 Å². The third-order valence-corrected chi connectivity index (χ3v) is 18.8. The zero-order valence-electron chi connectivity index (χ0n) is 59.5. The van der Waals surface area contributed by atoms with Crippen LogP contribution in [-0.2, 0) is 19.1 Å². The number of para-hydroxylation sites is 2. The number of anilines is 4. The minimum atomic E-state index is -0.797. The summed E-state index contributed by atoms with van der Waals surface area (Å²) in [5.74, 6) is 3.22. The summed E-state index contributed by atoms with van der Waals surface area (Å²) in [5, 5.41) is 17.3. The van der Waals surface area contributed by atoms with Gasteiger partial charge < -0.3 is 37.6 Å². The lowest BCUT2D eigenvalue weighted by Gasteiger charge is -2.33. The second-order valence-electron chi connectivity index (χ2n) is 27.3. The molecule has 0 saturated heterocycles. The molecule has 0 amide bonds. The highest BCUT2D eigenvalue weighted by Crippen LogP contribution is 2.40. The van der Waals surface area contributed by atoms with Gasteiger partial charge in [-0.05, 0) is 203 Å². The monoisotopic (exact) mass is 1340 g/mol.